The average molecular weight is 495 g/mol. The summed E-state index contributed by atoms with van der Waals surface area (Å²) in [7, 11) is 0. The van der Waals surface area contributed by atoms with Crippen LogP contribution in [-0.4, -0.2) is 62.5 Å². The second kappa shape index (κ2) is 10.6. The molecule has 3 N–H and O–H groups in total. The molecule has 0 aromatic carbocycles. The van der Waals surface area contributed by atoms with E-state index in [9.17, 15) is 9.59 Å². The van der Waals surface area contributed by atoms with Gasteiger partial charge in [0.05, 0.1) is 16.3 Å². The zero-order chi connectivity index (χ0) is 23.9. The molecule has 5 heterocycles. The van der Waals surface area contributed by atoms with E-state index in [-0.39, 0.29) is 11.8 Å². The minimum Gasteiger partial charge on any atom is -0.342 e. The number of carbonyl (C=O) groups excluding carboxylic acids is 2. The van der Waals surface area contributed by atoms with E-state index in [1.807, 2.05) is 19.2 Å². The number of ketones is 1. The Kier molecular flexibility index (Phi) is 7.19. The summed E-state index contributed by atoms with van der Waals surface area (Å²) in [5.74, 6) is 0.361. The van der Waals surface area contributed by atoms with Crippen LogP contribution >= 0.6 is 23.1 Å². The van der Waals surface area contributed by atoms with Crippen LogP contribution in [0.2, 0.25) is 0 Å². The first kappa shape index (κ1) is 23.0. The third kappa shape index (κ3) is 5.41. The van der Waals surface area contributed by atoms with Gasteiger partial charge >= 0.3 is 6.03 Å². The van der Waals surface area contributed by atoms with Gasteiger partial charge in [-0.05, 0) is 19.2 Å². The van der Waals surface area contributed by atoms with Crippen molar-refractivity contribution in [3.05, 3.63) is 73.1 Å². The number of aryl methyl sites for hydroxylation is 1. The minimum atomic E-state index is -0.301. The van der Waals surface area contributed by atoms with Crippen LogP contribution < -0.4 is 5.32 Å². The highest BCUT2D eigenvalue weighted by Crippen LogP contribution is 2.32. The predicted molar refractivity (Wildman–Crippen MR) is 127 cm³/mol. The molecule has 14 heteroatoms. The van der Waals surface area contributed by atoms with Crippen LogP contribution in [0.25, 0.3) is 10.6 Å². The van der Waals surface area contributed by atoms with E-state index in [2.05, 4.69) is 45.2 Å². The molecule has 0 aliphatic heterocycles. The van der Waals surface area contributed by atoms with Gasteiger partial charge in [-0.2, -0.15) is 0 Å². The predicted octanol–water partition coefficient (Wildman–Crippen LogP) is 3.27. The summed E-state index contributed by atoms with van der Waals surface area (Å²) in [5, 5.41) is 3.97. The number of nitrogens with zero attached hydrogens (tertiary/aromatic N) is 7. The number of imidazole rings is 3. The zero-order valence-corrected chi connectivity index (χ0v) is 19.6. The lowest BCUT2D eigenvalue weighted by atomic mass is 10.3. The molecule has 0 radical (unpaired) electrons. The number of nitrogens with one attached hydrogen (secondary N) is 3. The zero-order valence-electron chi connectivity index (χ0n) is 18.0. The van der Waals surface area contributed by atoms with Crippen LogP contribution in [0.15, 0.2) is 60.9 Å². The molecule has 0 atom stereocenters. The normalized spacial score (nSPS) is 10.4. The number of thiazole rings is 1. The smallest absolute Gasteiger partial charge is 0.333 e. The fraction of sp³-hybridized carbons (Fsp3) is 0.100. The van der Waals surface area contributed by atoms with E-state index in [4.69, 9.17) is 0 Å². The summed E-state index contributed by atoms with van der Waals surface area (Å²) in [6, 6.07) is 1.53. The van der Waals surface area contributed by atoms with Crippen molar-refractivity contribution in [1.29, 1.82) is 0 Å². The molecule has 12 nitrogen and oxygen atoms in total. The van der Waals surface area contributed by atoms with Gasteiger partial charge in [0.2, 0.25) is 0 Å². The molecule has 1 amide bonds. The van der Waals surface area contributed by atoms with Gasteiger partial charge in [-0.1, -0.05) is 23.1 Å². The van der Waals surface area contributed by atoms with Gasteiger partial charge in [-0.3, -0.25) is 14.7 Å². The molecular formula is C20H18N10O2S2. The SMILES string of the molecule is CSc1nccc(-c2sc(NC(=O)n3ccnc3)nc2C)n1.O=C(c1ncc[nH]1)c1ncc[nH]1. The van der Waals surface area contributed by atoms with Gasteiger partial charge < -0.3 is 9.97 Å². The van der Waals surface area contributed by atoms with Gasteiger partial charge in [-0.25, -0.2) is 34.7 Å². The molecule has 0 spiro atoms. The van der Waals surface area contributed by atoms with Crippen LogP contribution in [0.3, 0.4) is 0 Å². The van der Waals surface area contributed by atoms with Crippen molar-refractivity contribution in [3.8, 4) is 10.6 Å². The van der Waals surface area contributed by atoms with Gasteiger partial charge in [0, 0.05) is 43.4 Å². The van der Waals surface area contributed by atoms with Crippen molar-refractivity contribution in [1.82, 2.24) is 44.4 Å². The molecule has 0 aliphatic carbocycles. The fourth-order valence-corrected chi connectivity index (χ4v) is 3.96. The summed E-state index contributed by atoms with van der Waals surface area (Å²) in [6.45, 7) is 1.89. The lowest BCUT2D eigenvalue weighted by molar-refractivity contribution is 0.102. The summed E-state index contributed by atoms with van der Waals surface area (Å²) in [6.07, 6.45) is 14.4. The first-order valence-electron chi connectivity index (χ1n) is 9.72. The van der Waals surface area contributed by atoms with E-state index in [0.29, 0.717) is 21.9 Å². The number of H-pyrrole nitrogens is 2. The van der Waals surface area contributed by atoms with Crippen LogP contribution in [-0.2, 0) is 0 Å². The maximum absolute atomic E-state index is 12.0. The largest absolute Gasteiger partial charge is 0.342 e. The Morgan fingerprint density at radius 2 is 1.76 bits per heavy atom. The Hall–Kier alpha value is -4.17. The lowest BCUT2D eigenvalue weighted by Crippen LogP contribution is -2.17. The molecular weight excluding hydrogens is 476 g/mol. The molecule has 172 valence electrons. The van der Waals surface area contributed by atoms with Crippen LogP contribution in [0.5, 0.6) is 0 Å². The molecule has 0 unspecified atom stereocenters. The third-order valence-corrected chi connectivity index (χ3v) is 5.88. The number of hydrogen-bond donors (Lipinski definition) is 3. The number of hydrogen-bond acceptors (Lipinski definition) is 10. The van der Waals surface area contributed by atoms with Crippen molar-refractivity contribution in [3.63, 3.8) is 0 Å². The number of anilines is 1. The highest BCUT2D eigenvalue weighted by atomic mass is 32.2. The maximum atomic E-state index is 12.0. The summed E-state index contributed by atoms with van der Waals surface area (Å²) in [5.41, 5.74) is 1.62. The fourth-order valence-electron chi connectivity index (χ4n) is 2.68. The quantitative estimate of drug-likeness (QED) is 0.189. The molecule has 5 rings (SSSR count). The van der Waals surface area contributed by atoms with Crippen molar-refractivity contribution < 1.29 is 9.59 Å². The first-order valence-corrected chi connectivity index (χ1v) is 11.8. The van der Waals surface area contributed by atoms with Crippen LogP contribution in [0.1, 0.15) is 22.1 Å². The van der Waals surface area contributed by atoms with Crippen molar-refractivity contribution in [2.45, 2.75) is 12.1 Å². The van der Waals surface area contributed by atoms with E-state index in [1.54, 1.807) is 31.0 Å². The molecule has 0 aliphatic rings. The standard InChI is InChI=1S/C13H12N6OS2.C7H6N4O/c1-8-10(9-3-4-15-11(17-9)21-2)22-12(16-8)18-13(20)19-6-5-14-7-19;12-5(6-8-1-2-9-6)7-10-3-4-11-7/h3-7H,1-2H3,(H,16,18,20);1-4H,(H,8,9)(H,10,11). The molecule has 34 heavy (non-hydrogen) atoms. The van der Waals surface area contributed by atoms with Crippen molar-refractivity contribution in [2.75, 3.05) is 11.6 Å². The van der Waals surface area contributed by atoms with Crippen molar-refractivity contribution >= 4 is 40.0 Å². The Balaban J connectivity index is 0.000000192. The molecule has 5 aromatic heterocycles. The van der Waals surface area contributed by atoms with Gasteiger partial charge in [0.1, 0.15) is 6.33 Å². The topological polar surface area (TPSA) is 160 Å². The minimum absolute atomic E-state index is 0.231. The highest BCUT2D eigenvalue weighted by molar-refractivity contribution is 7.98. The molecule has 0 bridgehead atoms. The number of rotatable bonds is 5. The van der Waals surface area contributed by atoms with Gasteiger partial charge in [0.25, 0.3) is 5.78 Å². The first-order chi connectivity index (χ1) is 16.5. The van der Waals surface area contributed by atoms with Crippen LogP contribution in [0, 0.1) is 6.92 Å². The third-order valence-electron chi connectivity index (χ3n) is 4.22. The second-order valence-corrected chi connectivity index (χ2v) is 8.24. The number of aromatic nitrogens is 9. The Morgan fingerprint density at radius 3 is 2.35 bits per heavy atom. The summed E-state index contributed by atoms with van der Waals surface area (Å²) in [4.78, 5) is 54.1. The molecule has 0 saturated heterocycles. The Morgan fingerprint density at radius 1 is 1.03 bits per heavy atom. The van der Waals surface area contributed by atoms with E-state index in [0.717, 1.165) is 16.3 Å². The number of aromatic amines is 2. The monoisotopic (exact) mass is 494 g/mol. The number of carbonyl (C=O) groups is 2. The summed E-state index contributed by atoms with van der Waals surface area (Å²) >= 11 is 2.86. The van der Waals surface area contributed by atoms with E-state index in [1.165, 1.54) is 46.4 Å². The van der Waals surface area contributed by atoms with E-state index >= 15 is 0 Å². The molecule has 5 aromatic rings. The average Bonchev–Trinajstić information content (AvgIpc) is 3.66. The highest BCUT2D eigenvalue weighted by Gasteiger charge is 2.14. The van der Waals surface area contributed by atoms with Crippen LogP contribution in [0.4, 0.5) is 9.93 Å². The van der Waals surface area contributed by atoms with E-state index < -0.39 is 0 Å². The van der Waals surface area contributed by atoms with Crippen molar-refractivity contribution in [2.24, 2.45) is 0 Å². The number of amides is 1. The molecule has 0 fully saturated rings. The number of thioether (sulfide) groups is 1. The van der Waals surface area contributed by atoms with Gasteiger partial charge in [0.15, 0.2) is 21.9 Å². The Bertz CT molecular complexity index is 1330. The van der Waals surface area contributed by atoms with Gasteiger partial charge in [-0.15, -0.1) is 0 Å². The Labute approximate surface area is 201 Å². The summed E-state index contributed by atoms with van der Waals surface area (Å²) < 4.78 is 1.35. The maximum Gasteiger partial charge on any atom is 0.333 e. The second-order valence-electron chi connectivity index (χ2n) is 6.47. The molecule has 0 saturated carbocycles. The lowest BCUT2D eigenvalue weighted by Gasteiger charge is -2.00.